The molecule has 3 fully saturated rings. The number of hydrogen-bond acceptors (Lipinski definition) is 1. The molecule has 3 aliphatic carbocycles. The van der Waals surface area contributed by atoms with Crippen LogP contribution in [0.25, 0.3) is 22.3 Å². The van der Waals surface area contributed by atoms with E-state index in [4.69, 9.17) is 0 Å². The number of fused-ring (bicyclic) bond motifs is 3. The van der Waals surface area contributed by atoms with Crippen LogP contribution in [0.4, 0.5) is 0 Å². The molecule has 7 rings (SSSR count). The largest absolute Gasteiger partial charge is 0.313 e. The van der Waals surface area contributed by atoms with E-state index in [0.717, 1.165) is 5.92 Å². The molecule has 1 saturated heterocycles. The third-order valence-electron chi connectivity index (χ3n) is 10.1. The van der Waals surface area contributed by atoms with Gasteiger partial charge in [0.05, 0.1) is 0 Å². The van der Waals surface area contributed by atoms with Crippen molar-refractivity contribution >= 4 is 0 Å². The van der Waals surface area contributed by atoms with Crippen molar-refractivity contribution in [3.8, 4) is 22.3 Å². The predicted octanol–water partition coefficient (Wildman–Crippen LogP) is 8.31. The summed E-state index contributed by atoms with van der Waals surface area (Å²) in [4.78, 5) is 0. The molecule has 4 aliphatic rings. The quantitative estimate of drug-likeness (QED) is 0.424. The van der Waals surface area contributed by atoms with Crippen molar-refractivity contribution in [1.82, 2.24) is 5.32 Å². The van der Waals surface area contributed by atoms with Gasteiger partial charge in [-0.25, -0.2) is 0 Å². The smallest absolute Gasteiger partial charge is 0.0211 e. The van der Waals surface area contributed by atoms with E-state index in [1.807, 2.05) is 0 Å². The second kappa shape index (κ2) is 8.38. The molecule has 1 nitrogen and oxygen atoms in total. The van der Waals surface area contributed by atoms with Crippen molar-refractivity contribution < 1.29 is 0 Å². The molecule has 3 unspecified atom stereocenters. The molecule has 0 aromatic heterocycles. The fourth-order valence-corrected chi connectivity index (χ4v) is 8.58. The molecule has 1 heteroatoms. The van der Waals surface area contributed by atoms with Crippen LogP contribution in [0.5, 0.6) is 0 Å². The predicted molar refractivity (Wildman–Crippen MR) is 142 cm³/mol. The first kappa shape index (κ1) is 20.9. The zero-order valence-electron chi connectivity index (χ0n) is 20.3. The Bertz CT molecular complexity index is 1150. The molecule has 174 valence electrons. The summed E-state index contributed by atoms with van der Waals surface area (Å²) in [5, 5.41) is 4.13. The van der Waals surface area contributed by atoms with Crippen molar-refractivity contribution in [3.05, 3.63) is 83.9 Å². The normalized spacial score (nSPS) is 27.7. The molecule has 0 spiro atoms. The summed E-state index contributed by atoms with van der Waals surface area (Å²) >= 11 is 0. The number of benzene rings is 3. The lowest BCUT2D eigenvalue weighted by molar-refractivity contribution is 0.00319. The third kappa shape index (κ3) is 3.09. The van der Waals surface area contributed by atoms with Crippen molar-refractivity contribution in [2.75, 3.05) is 6.54 Å². The molecule has 3 atom stereocenters. The van der Waals surface area contributed by atoms with Crippen molar-refractivity contribution in [2.45, 2.75) is 75.7 Å². The highest BCUT2D eigenvalue weighted by Crippen LogP contribution is 2.67. The molecule has 1 aliphatic heterocycles. The summed E-state index contributed by atoms with van der Waals surface area (Å²) in [7, 11) is 0. The van der Waals surface area contributed by atoms with E-state index in [9.17, 15) is 0 Å². The second-order valence-corrected chi connectivity index (χ2v) is 11.5. The van der Waals surface area contributed by atoms with Crippen molar-refractivity contribution in [1.29, 1.82) is 0 Å². The summed E-state index contributed by atoms with van der Waals surface area (Å²) < 4.78 is 0. The highest BCUT2D eigenvalue weighted by Gasteiger charge is 2.58. The SMILES string of the molecule is c1ccc(-c2ccc(-c3ccccc3)c3c2C2CCCNC2C3C2(C3CCCC3)CCC2)cc1. The van der Waals surface area contributed by atoms with E-state index in [1.165, 1.54) is 86.6 Å². The Morgan fingerprint density at radius 1 is 0.618 bits per heavy atom. The van der Waals surface area contributed by atoms with Gasteiger partial charge in [-0.3, -0.25) is 0 Å². The van der Waals surface area contributed by atoms with Gasteiger partial charge in [0.2, 0.25) is 0 Å². The van der Waals surface area contributed by atoms with Crippen LogP contribution in [-0.4, -0.2) is 12.6 Å². The first-order valence-corrected chi connectivity index (χ1v) is 13.9. The molecule has 0 radical (unpaired) electrons. The van der Waals surface area contributed by atoms with E-state index in [0.29, 0.717) is 23.3 Å². The molecular weight excluding hydrogens is 410 g/mol. The van der Waals surface area contributed by atoms with Crippen LogP contribution in [0.2, 0.25) is 0 Å². The Morgan fingerprint density at radius 2 is 1.24 bits per heavy atom. The van der Waals surface area contributed by atoms with Gasteiger partial charge in [-0.2, -0.15) is 0 Å². The van der Waals surface area contributed by atoms with E-state index in [2.05, 4.69) is 78.1 Å². The molecule has 2 saturated carbocycles. The maximum absolute atomic E-state index is 4.13. The van der Waals surface area contributed by atoms with Gasteiger partial charge in [-0.15, -0.1) is 0 Å². The van der Waals surface area contributed by atoms with Crippen LogP contribution in [0.1, 0.15) is 80.8 Å². The van der Waals surface area contributed by atoms with Gasteiger partial charge >= 0.3 is 0 Å². The number of hydrogen-bond donors (Lipinski definition) is 1. The lowest BCUT2D eigenvalue weighted by Gasteiger charge is -2.54. The van der Waals surface area contributed by atoms with E-state index < -0.39 is 0 Å². The van der Waals surface area contributed by atoms with Crippen LogP contribution in [0, 0.1) is 11.3 Å². The highest BCUT2D eigenvalue weighted by atomic mass is 15.0. The Balaban J connectivity index is 1.50. The van der Waals surface area contributed by atoms with Crippen LogP contribution in [0.3, 0.4) is 0 Å². The van der Waals surface area contributed by atoms with Crippen molar-refractivity contribution in [3.63, 3.8) is 0 Å². The fourth-order valence-electron chi connectivity index (χ4n) is 8.58. The van der Waals surface area contributed by atoms with Gasteiger partial charge < -0.3 is 5.32 Å². The third-order valence-corrected chi connectivity index (χ3v) is 10.1. The first-order valence-electron chi connectivity index (χ1n) is 13.9. The molecule has 34 heavy (non-hydrogen) atoms. The van der Waals surface area contributed by atoms with Crippen LogP contribution >= 0.6 is 0 Å². The molecule has 3 aromatic carbocycles. The van der Waals surface area contributed by atoms with Gasteiger partial charge in [-0.05, 0) is 89.8 Å². The lowest BCUT2D eigenvalue weighted by Crippen LogP contribution is -2.51. The summed E-state index contributed by atoms with van der Waals surface area (Å²) in [6, 6.07) is 28.0. The van der Waals surface area contributed by atoms with Gasteiger partial charge in [-0.1, -0.05) is 92.1 Å². The monoisotopic (exact) mass is 447 g/mol. The fraction of sp³-hybridized carbons (Fsp3) is 0.455. The Morgan fingerprint density at radius 3 is 1.82 bits per heavy atom. The molecule has 0 bridgehead atoms. The number of rotatable bonds is 4. The zero-order chi connectivity index (χ0) is 22.5. The van der Waals surface area contributed by atoms with Gasteiger partial charge in [0.25, 0.3) is 0 Å². The van der Waals surface area contributed by atoms with Crippen LogP contribution < -0.4 is 5.32 Å². The minimum Gasteiger partial charge on any atom is -0.313 e. The van der Waals surface area contributed by atoms with E-state index in [1.54, 1.807) is 11.1 Å². The summed E-state index contributed by atoms with van der Waals surface area (Å²) in [5.41, 5.74) is 9.74. The Hall–Kier alpha value is -2.38. The number of nitrogens with one attached hydrogen (secondary N) is 1. The van der Waals surface area contributed by atoms with E-state index in [-0.39, 0.29) is 0 Å². The highest BCUT2D eigenvalue weighted by molar-refractivity contribution is 5.81. The van der Waals surface area contributed by atoms with Crippen LogP contribution in [0.15, 0.2) is 72.8 Å². The Kier molecular flexibility index (Phi) is 5.16. The number of piperidine rings is 1. The van der Waals surface area contributed by atoms with Crippen molar-refractivity contribution in [2.24, 2.45) is 11.3 Å². The maximum atomic E-state index is 4.13. The average Bonchev–Trinajstić information content (AvgIpc) is 3.52. The maximum Gasteiger partial charge on any atom is 0.0211 e. The Labute approximate surface area is 205 Å². The topological polar surface area (TPSA) is 12.0 Å². The lowest BCUT2D eigenvalue weighted by atomic mass is 9.51. The van der Waals surface area contributed by atoms with Gasteiger partial charge in [0.15, 0.2) is 0 Å². The first-order chi connectivity index (χ1) is 16.9. The molecular formula is C33H37N. The molecule has 1 heterocycles. The standard InChI is InChI=1S/C33H37N/c1-3-11-23(12-4-1)26-18-19-27(24-13-5-2-6-14-24)30-29(26)28-17-9-22-34-32(28)31(30)33(20-10-21-33)25-15-7-8-16-25/h1-6,11-14,18-19,25,28,31-32,34H,7-10,15-17,20-22H2. The minimum absolute atomic E-state index is 0.508. The molecule has 0 amide bonds. The second-order valence-electron chi connectivity index (χ2n) is 11.5. The molecule has 1 N–H and O–H groups in total. The average molecular weight is 448 g/mol. The zero-order valence-corrected chi connectivity index (χ0v) is 20.3. The summed E-state index contributed by atoms with van der Waals surface area (Å²) in [5.74, 6) is 2.22. The van der Waals surface area contributed by atoms with E-state index >= 15 is 0 Å². The molecule has 3 aromatic rings. The summed E-state index contributed by atoms with van der Waals surface area (Å²) in [6.07, 6.45) is 12.8. The minimum atomic E-state index is 0.508. The van der Waals surface area contributed by atoms with Gasteiger partial charge in [0.1, 0.15) is 0 Å². The van der Waals surface area contributed by atoms with Crippen LogP contribution in [-0.2, 0) is 0 Å². The summed E-state index contributed by atoms with van der Waals surface area (Å²) in [6.45, 7) is 1.19. The van der Waals surface area contributed by atoms with Gasteiger partial charge in [0, 0.05) is 17.9 Å².